The Balaban J connectivity index is 0.000000340. The Hall–Kier alpha value is -2.87. The van der Waals surface area contributed by atoms with Gasteiger partial charge in [-0.15, -0.1) is 0 Å². The highest BCUT2D eigenvalue weighted by Gasteiger charge is 2.16. The van der Waals surface area contributed by atoms with Gasteiger partial charge in [0.05, 0.1) is 32.3 Å². The van der Waals surface area contributed by atoms with Gasteiger partial charge >= 0.3 is 0 Å². The maximum atomic E-state index is 11.3. The number of hydrogen-bond donors (Lipinski definition) is 3. The summed E-state index contributed by atoms with van der Waals surface area (Å²) in [5.74, 6) is 2.15. The first-order valence-electron chi connectivity index (χ1n) is 13.3. The van der Waals surface area contributed by atoms with Crippen LogP contribution in [-0.4, -0.2) is 64.4 Å². The van der Waals surface area contributed by atoms with Crippen LogP contribution in [0.2, 0.25) is 0 Å². The summed E-state index contributed by atoms with van der Waals surface area (Å²) >= 11 is 4.23. The van der Waals surface area contributed by atoms with Crippen LogP contribution in [0.15, 0.2) is 53.4 Å². The van der Waals surface area contributed by atoms with E-state index in [-0.39, 0.29) is 42.3 Å². The summed E-state index contributed by atoms with van der Waals surface area (Å²) in [4.78, 5) is 0.0679. The van der Waals surface area contributed by atoms with Gasteiger partial charge < -0.3 is 29.5 Å². The molecule has 0 aliphatic carbocycles. The van der Waals surface area contributed by atoms with Crippen molar-refractivity contribution in [2.75, 3.05) is 40.6 Å². The van der Waals surface area contributed by atoms with E-state index < -0.39 is 16.7 Å². The Morgan fingerprint density at radius 2 is 1.29 bits per heavy atom. The molecule has 0 saturated carbocycles. The van der Waals surface area contributed by atoms with Crippen molar-refractivity contribution in [3.8, 4) is 35.1 Å². The molecule has 2 atom stereocenters. The van der Waals surface area contributed by atoms with E-state index in [4.69, 9.17) is 29.8 Å². The summed E-state index contributed by atoms with van der Waals surface area (Å²) in [5, 5.41) is 44.6. The van der Waals surface area contributed by atoms with Crippen LogP contribution in [-0.2, 0) is 14.3 Å². The Morgan fingerprint density at radius 3 is 1.78 bits per heavy atom. The zero-order valence-electron chi connectivity index (χ0n) is 25.5. The molecule has 2 unspecified atom stereocenters. The lowest BCUT2D eigenvalue weighted by atomic mass is 10.0. The Labute approximate surface area is 291 Å². The molecule has 45 heavy (non-hydrogen) atoms. The quantitative estimate of drug-likeness (QED) is 0.161. The van der Waals surface area contributed by atoms with Gasteiger partial charge in [-0.1, -0.05) is 31.5 Å². The van der Waals surface area contributed by atoms with Crippen LogP contribution in [0.4, 0.5) is 0 Å². The van der Waals surface area contributed by atoms with Crippen LogP contribution < -0.4 is 14.2 Å². The molecule has 0 bridgehead atoms. The van der Waals surface area contributed by atoms with Crippen LogP contribution in [0, 0.1) is 36.7 Å². The number of aliphatic hydroxyl groups excluding tert-OH is 2. The van der Waals surface area contributed by atoms with Crippen molar-refractivity contribution in [1.29, 1.82) is 10.5 Å². The van der Waals surface area contributed by atoms with Crippen molar-refractivity contribution in [1.82, 2.24) is 0 Å². The van der Waals surface area contributed by atoms with Crippen LogP contribution in [0.25, 0.3) is 0 Å². The number of rotatable bonds is 11. The molecule has 3 N–H and O–H groups in total. The maximum Gasteiger partial charge on any atom is 0.297 e. The minimum atomic E-state index is -3.76. The molecule has 3 rings (SSSR count). The van der Waals surface area contributed by atoms with Gasteiger partial charge in [0.2, 0.25) is 0 Å². The lowest BCUT2D eigenvalue weighted by Gasteiger charge is -2.16. The second-order valence-electron chi connectivity index (χ2n) is 9.37. The number of halogens is 2. The third-order valence-electron chi connectivity index (χ3n) is 6.08. The molecule has 0 heterocycles. The molecule has 0 fully saturated rings. The van der Waals surface area contributed by atoms with Gasteiger partial charge in [0.1, 0.15) is 29.1 Å². The third-order valence-corrected chi connectivity index (χ3v) is 9.04. The van der Waals surface area contributed by atoms with Gasteiger partial charge in [0.15, 0.2) is 13.2 Å². The number of benzene rings is 3. The van der Waals surface area contributed by atoms with Crippen LogP contribution >= 0.6 is 45.2 Å². The SMILES string of the molecule is COc1cc(C(C)CO)c(O)cc1I.COc1cc(C(C)CO)c(OCC#N)cc1I.Cc1ccc(S(=O)(=O)OCC#N)cc1. The number of aliphatic hydroxyl groups is 2. The summed E-state index contributed by atoms with van der Waals surface area (Å²) in [6.07, 6.45) is 0. The predicted molar refractivity (Wildman–Crippen MR) is 185 cm³/mol. The van der Waals surface area contributed by atoms with Crippen LogP contribution in [0.1, 0.15) is 42.4 Å². The zero-order valence-corrected chi connectivity index (χ0v) is 30.6. The maximum absolute atomic E-state index is 11.3. The van der Waals surface area contributed by atoms with Gasteiger partial charge in [-0.2, -0.15) is 18.9 Å². The molecule has 0 aromatic heterocycles. The van der Waals surface area contributed by atoms with E-state index in [0.717, 1.165) is 29.8 Å². The number of phenols is 1. The van der Waals surface area contributed by atoms with E-state index in [0.29, 0.717) is 11.3 Å². The highest BCUT2D eigenvalue weighted by Crippen LogP contribution is 2.35. The van der Waals surface area contributed by atoms with Crippen molar-refractivity contribution in [2.24, 2.45) is 0 Å². The second kappa shape index (κ2) is 20.3. The standard InChI is InChI=1S/C12H14INO3.C10H13IO3.C9H9NO3S/c1-8(7-15)9-5-12(16-2)10(13)6-11(9)17-4-3-14;1-6(5-12)7-3-10(14-2)8(11)4-9(7)13;1-8-2-4-9(5-3-8)14(11,12)13-7-6-10/h5-6,8,15H,4,7H2,1-2H3;3-4,6,12-13H,5H2,1-2H3;2-5H,7H2,1H3. The van der Waals surface area contributed by atoms with Gasteiger partial charge in [0.25, 0.3) is 10.1 Å². The van der Waals surface area contributed by atoms with Crippen molar-refractivity contribution >= 4 is 55.3 Å². The molecule has 14 heteroatoms. The molecular weight excluding hydrogens is 830 g/mol. The largest absolute Gasteiger partial charge is 0.508 e. The molecule has 11 nitrogen and oxygen atoms in total. The molecular formula is C31H36I2N2O9S. The zero-order chi connectivity index (χ0) is 34.2. The number of ether oxygens (including phenoxy) is 3. The number of phenolic OH excluding ortho intramolecular Hbond substituents is 1. The molecule has 0 aliphatic rings. The van der Waals surface area contributed by atoms with E-state index in [1.807, 2.05) is 39.0 Å². The summed E-state index contributed by atoms with van der Waals surface area (Å²) in [6, 6.07) is 16.8. The summed E-state index contributed by atoms with van der Waals surface area (Å²) < 4.78 is 44.6. The lowest BCUT2D eigenvalue weighted by Crippen LogP contribution is -2.06. The third kappa shape index (κ3) is 12.8. The van der Waals surface area contributed by atoms with E-state index >= 15 is 0 Å². The smallest absolute Gasteiger partial charge is 0.297 e. The molecule has 0 radical (unpaired) electrons. The number of aromatic hydroxyl groups is 1. The topological polar surface area (TPSA) is 179 Å². The summed E-state index contributed by atoms with van der Waals surface area (Å²) in [7, 11) is -0.579. The average Bonchev–Trinajstić information content (AvgIpc) is 3.03. The monoisotopic (exact) mass is 866 g/mol. The molecule has 0 aliphatic heterocycles. The Morgan fingerprint density at radius 1 is 0.800 bits per heavy atom. The first-order valence-corrected chi connectivity index (χ1v) is 16.8. The van der Waals surface area contributed by atoms with Gasteiger partial charge in [-0.3, -0.25) is 4.18 Å². The van der Waals surface area contributed by atoms with E-state index in [9.17, 15) is 18.6 Å². The molecule has 0 saturated heterocycles. The molecule has 244 valence electrons. The molecule has 3 aromatic rings. The fraction of sp³-hybridized carbons (Fsp3) is 0.355. The summed E-state index contributed by atoms with van der Waals surface area (Å²) in [5.41, 5.74) is 2.52. The number of nitriles is 2. The average molecular weight is 867 g/mol. The first kappa shape index (κ1) is 40.2. The predicted octanol–water partition coefficient (Wildman–Crippen LogP) is 5.62. The molecule has 3 aromatic carbocycles. The summed E-state index contributed by atoms with van der Waals surface area (Å²) in [6.45, 7) is 5.16. The Bertz CT molecular complexity index is 1570. The fourth-order valence-electron chi connectivity index (χ4n) is 3.51. The highest BCUT2D eigenvalue weighted by atomic mass is 127. The molecule has 0 amide bonds. The number of hydrogen-bond acceptors (Lipinski definition) is 11. The minimum absolute atomic E-state index is 0.00639. The number of aryl methyl sites for hydroxylation is 1. The highest BCUT2D eigenvalue weighted by molar-refractivity contribution is 14.1. The van der Waals surface area contributed by atoms with E-state index in [1.165, 1.54) is 12.1 Å². The van der Waals surface area contributed by atoms with Gasteiger partial charge in [0, 0.05) is 36.2 Å². The fourth-order valence-corrected chi connectivity index (χ4v) is 5.65. The van der Waals surface area contributed by atoms with Crippen LogP contribution in [0.3, 0.4) is 0 Å². The van der Waals surface area contributed by atoms with Gasteiger partial charge in [-0.25, -0.2) is 0 Å². The Kier molecular flexibility index (Phi) is 18.1. The lowest BCUT2D eigenvalue weighted by molar-refractivity contribution is 0.267. The number of nitrogens with zero attached hydrogens (tertiary/aromatic N) is 2. The number of methoxy groups -OCH3 is 2. The second-order valence-corrected chi connectivity index (χ2v) is 13.3. The minimum Gasteiger partial charge on any atom is -0.508 e. The van der Waals surface area contributed by atoms with Crippen molar-refractivity contribution in [2.45, 2.75) is 37.5 Å². The van der Waals surface area contributed by atoms with E-state index in [2.05, 4.69) is 49.4 Å². The normalized spacial score (nSPS) is 11.7. The van der Waals surface area contributed by atoms with Crippen molar-refractivity contribution in [3.05, 3.63) is 72.4 Å². The van der Waals surface area contributed by atoms with Crippen molar-refractivity contribution in [3.63, 3.8) is 0 Å². The van der Waals surface area contributed by atoms with E-state index in [1.54, 1.807) is 44.6 Å². The van der Waals surface area contributed by atoms with Crippen LogP contribution in [0.5, 0.6) is 23.0 Å². The van der Waals surface area contributed by atoms with Gasteiger partial charge in [-0.05, 0) is 88.5 Å². The van der Waals surface area contributed by atoms with Crippen molar-refractivity contribution < 1.29 is 42.1 Å². The first-order chi connectivity index (χ1) is 21.3. The molecule has 0 spiro atoms.